The monoisotopic (exact) mass is 200 g/mol. The molecule has 0 aromatic carbocycles. The average Bonchev–Trinajstić information content (AvgIpc) is 2.65. The molecular weight excluding hydrogens is 176 g/mol. The lowest BCUT2D eigenvalue weighted by Crippen LogP contribution is -2.24. The molecule has 1 N–H and O–H groups in total. The maximum absolute atomic E-state index is 5.33. The second kappa shape index (κ2) is 7.21. The molecule has 14 heavy (non-hydrogen) atoms. The molecule has 3 heteroatoms. The van der Waals surface area contributed by atoms with Gasteiger partial charge < -0.3 is 15.0 Å². The Morgan fingerprint density at radius 3 is 2.86 bits per heavy atom. The van der Waals surface area contributed by atoms with E-state index in [-0.39, 0.29) is 0 Å². The first-order valence-electron chi connectivity index (χ1n) is 5.76. The van der Waals surface area contributed by atoms with E-state index >= 15 is 0 Å². The van der Waals surface area contributed by atoms with Crippen LogP contribution < -0.4 is 5.32 Å². The molecule has 1 saturated heterocycles. The van der Waals surface area contributed by atoms with Crippen LogP contribution in [0.1, 0.15) is 25.7 Å². The van der Waals surface area contributed by atoms with Gasteiger partial charge in [0.05, 0.1) is 6.10 Å². The quantitative estimate of drug-likeness (QED) is 0.623. The van der Waals surface area contributed by atoms with E-state index in [0.29, 0.717) is 6.10 Å². The highest BCUT2D eigenvalue weighted by Crippen LogP contribution is 2.12. The van der Waals surface area contributed by atoms with Gasteiger partial charge in [0.25, 0.3) is 0 Å². The van der Waals surface area contributed by atoms with Gasteiger partial charge in [-0.2, -0.15) is 0 Å². The molecule has 1 unspecified atom stereocenters. The van der Waals surface area contributed by atoms with Crippen LogP contribution in [-0.4, -0.2) is 51.3 Å². The molecule has 1 heterocycles. The summed E-state index contributed by atoms with van der Waals surface area (Å²) in [4.78, 5) is 2.52. The second-order valence-electron chi connectivity index (χ2n) is 4.11. The molecule has 0 aromatic rings. The topological polar surface area (TPSA) is 24.5 Å². The van der Waals surface area contributed by atoms with Crippen LogP contribution >= 0.6 is 0 Å². The Bertz CT molecular complexity index is 141. The van der Waals surface area contributed by atoms with E-state index in [1.807, 2.05) is 14.2 Å². The summed E-state index contributed by atoms with van der Waals surface area (Å²) in [6.07, 6.45) is 5.69. The van der Waals surface area contributed by atoms with Crippen molar-refractivity contribution in [2.45, 2.75) is 31.8 Å². The zero-order chi connectivity index (χ0) is 10.2. The smallest absolute Gasteiger partial charge is 0.0710 e. The fourth-order valence-corrected chi connectivity index (χ4v) is 2.01. The van der Waals surface area contributed by atoms with Gasteiger partial charge in [-0.25, -0.2) is 0 Å². The zero-order valence-corrected chi connectivity index (χ0v) is 9.59. The van der Waals surface area contributed by atoms with Crippen molar-refractivity contribution in [3.05, 3.63) is 0 Å². The normalized spacial score (nSPS) is 23.1. The number of hydrogen-bond acceptors (Lipinski definition) is 3. The number of nitrogens with zero attached hydrogens (tertiary/aromatic N) is 1. The van der Waals surface area contributed by atoms with E-state index in [0.717, 1.165) is 13.1 Å². The third kappa shape index (κ3) is 4.40. The first kappa shape index (κ1) is 12.0. The minimum absolute atomic E-state index is 0.493. The summed E-state index contributed by atoms with van der Waals surface area (Å²) in [5, 5.41) is 3.18. The van der Waals surface area contributed by atoms with Crippen molar-refractivity contribution in [3.8, 4) is 0 Å². The van der Waals surface area contributed by atoms with Gasteiger partial charge in [-0.3, -0.25) is 0 Å². The molecule has 1 aliphatic heterocycles. The molecule has 0 aliphatic carbocycles. The third-order valence-corrected chi connectivity index (χ3v) is 2.96. The van der Waals surface area contributed by atoms with Crippen LogP contribution in [0, 0.1) is 0 Å². The van der Waals surface area contributed by atoms with Crippen LogP contribution in [0.5, 0.6) is 0 Å². The van der Waals surface area contributed by atoms with Gasteiger partial charge in [0.2, 0.25) is 0 Å². The summed E-state index contributed by atoms with van der Waals surface area (Å²) in [7, 11) is 3.84. The Balaban J connectivity index is 1.92. The van der Waals surface area contributed by atoms with Gasteiger partial charge in [0.15, 0.2) is 0 Å². The summed E-state index contributed by atoms with van der Waals surface area (Å²) in [5.74, 6) is 0. The molecule has 0 amide bonds. The SMILES string of the molecule is CNCCCCCN1CCC(OC)C1. The van der Waals surface area contributed by atoms with Crippen molar-refractivity contribution in [2.75, 3.05) is 40.3 Å². The molecule has 1 fully saturated rings. The number of nitrogens with one attached hydrogen (secondary N) is 1. The van der Waals surface area contributed by atoms with Gasteiger partial charge in [-0.1, -0.05) is 6.42 Å². The number of ether oxygens (including phenoxy) is 1. The Morgan fingerprint density at radius 1 is 1.36 bits per heavy atom. The molecule has 0 spiro atoms. The van der Waals surface area contributed by atoms with Crippen molar-refractivity contribution >= 4 is 0 Å². The molecule has 84 valence electrons. The van der Waals surface area contributed by atoms with Crippen LogP contribution in [0.15, 0.2) is 0 Å². The lowest BCUT2D eigenvalue weighted by atomic mass is 10.2. The fraction of sp³-hybridized carbons (Fsp3) is 1.00. The summed E-state index contributed by atoms with van der Waals surface area (Å²) in [6.45, 7) is 4.78. The molecule has 1 rings (SSSR count). The molecule has 1 aliphatic rings. The minimum Gasteiger partial charge on any atom is -0.380 e. The lowest BCUT2D eigenvalue weighted by molar-refractivity contribution is 0.108. The van der Waals surface area contributed by atoms with Crippen LogP contribution in [0.4, 0.5) is 0 Å². The molecule has 0 saturated carbocycles. The van der Waals surface area contributed by atoms with Crippen molar-refractivity contribution in [1.82, 2.24) is 10.2 Å². The zero-order valence-electron chi connectivity index (χ0n) is 9.59. The number of unbranched alkanes of at least 4 members (excludes halogenated alkanes) is 2. The number of likely N-dealkylation sites (tertiary alicyclic amines) is 1. The Labute approximate surface area is 87.8 Å². The van der Waals surface area contributed by atoms with Crippen LogP contribution in [-0.2, 0) is 4.74 Å². The number of rotatable bonds is 7. The molecule has 0 aromatic heterocycles. The largest absolute Gasteiger partial charge is 0.380 e. The van der Waals surface area contributed by atoms with E-state index in [1.54, 1.807) is 0 Å². The number of hydrogen-bond donors (Lipinski definition) is 1. The fourth-order valence-electron chi connectivity index (χ4n) is 2.01. The summed E-state index contributed by atoms with van der Waals surface area (Å²) in [5.41, 5.74) is 0. The molecule has 1 atom stereocenters. The van der Waals surface area contributed by atoms with E-state index < -0.39 is 0 Å². The molecule has 3 nitrogen and oxygen atoms in total. The summed E-state index contributed by atoms with van der Waals surface area (Å²) >= 11 is 0. The van der Waals surface area contributed by atoms with Crippen molar-refractivity contribution in [1.29, 1.82) is 0 Å². The highest BCUT2D eigenvalue weighted by Gasteiger charge is 2.20. The van der Waals surface area contributed by atoms with E-state index in [1.165, 1.54) is 38.8 Å². The van der Waals surface area contributed by atoms with Crippen molar-refractivity contribution in [3.63, 3.8) is 0 Å². The van der Waals surface area contributed by atoms with Crippen LogP contribution in [0.25, 0.3) is 0 Å². The predicted octanol–water partition coefficient (Wildman–Crippen LogP) is 1.10. The summed E-state index contributed by atoms with van der Waals surface area (Å²) < 4.78 is 5.33. The maximum atomic E-state index is 5.33. The van der Waals surface area contributed by atoms with E-state index in [4.69, 9.17) is 4.74 Å². The van der Waals surface area contributed by atoms with Gasteiger partial charge in [0, 0.05) is 20.2 Å². The Kier molecular flexibility index (Phi) is 6.15. The summed E-state index contributed by atoms with van der Waals surface area (Å²) in [6, 6.07) is 0. The Hall–Kier alpha value is -0.120. The molecule has 0 bridgehead atoms. The Morgan fingerprint density at radius 2 is 2.21 bits per heavy atom. The van der Waals surface area contributed by atoms with Crippen molar-refractivity contribution in [2.24, 2.45) is 0 Å². The van der Waals surface area contributed by atoms with Gasteiger partial charge in [-0.05, 0) is 39.4 Å². The number of methoxy groups -OCH3 is 1. The second-order valence-corrected chi connectivity index (χ2v) is 4.11. The van der Waals surface area contributed by atoms with Crippen LogP contribution in [0.2, 0.25) is 0 Å². The molecular formula is C11H24N2O. The highest BCUT2D eigenvalue weighted by molar-refractivity contribution is 4.75. The van der Waals surface area contributed by atoms with Gasteiger partial charge >= 0.3 is 0 Å². The molecule has 0 radical (unpaired) electrons. The standard InChI is InChI=1S/C11H24N2O/c1-12-7-4-3-5-8-13-9-6-11(10-13)14-2/h11-12H,3-10H2,1-2H3. The minimum atomic E-state index is 0.493. The predicted molar refractivity (Wildman–Crippen MR) is 59.6 cm³/mol. The average molecular weight is 200 g/mol. The highest BCUT2D eigenvalue weighted by atomic mass is 16.5. The first-order chi connectivity index (χ1) is 6.86. The van der Waals surface area contributed by atoms with Crippen LogP contribution in [0.3, 0.4) is 0 Å². The van der Waals surface area contributed by atoms with E-state index in [9.17, 15) is 0 Å². The third-order valence-electron chi connectivity index (χ3n) is 2.96. The van der Waals surface area contributed by atoms with Gasteiger partial charge in [-0.15, -0.1) is 0 Å². The van der Waals surface area contributed by atoms with Gasteiger partial charge in [0.1, 0.15) is 0 Å². The first-order valence-corrected chi connectivity index (χ1v) is 5.76. The lowest BCUT2D eigenvalue weighted by Gasteiger charge is -2.14. The maximum Gasteiger partial charge on any atom is 0.0710 e. The van der Waals surface area contributed by atoms with Crippen molar-refractivity contribution < 1.29 is 4.74 Å². The van der Waals surface area contributed by atoms with E-state index in [2.05, 4.69) is 10.2 Å².